The summed E-state index contributed by atoms with van der Waals surface area (Å²) < 4.78 is 31.4. The van der Waals surface area contributed by atoms with Crippen molar-refractivity contribution in [3.05, 3.63) is 0 Å². The van der Waals surface area contributed by atoms with Crippen LogP contribution in [0, 0.1) is 0 Å². The van der Waals surface area contributed by atoms with Crippen LogP contribution in [0.1, 0.15) is 52.9 Å². The van der Waals surface area contributed by atoms with E-state index in [0.29, 0.717) is 72.4 Å². The highest BCUT2D eigenvalue weighted by Gasteiger charge is 2.06. The molecule has 0 aromatic carbocycles. The number of ether oxygens (including phenoxy) is 4. The standard InChI is InChI=1S/C20H42NO8PS/c1-4-24-13-14-26-17-18-27-16-15-25-12-9-20(22)21-10-7-5-6-8-11-28-30(23,31)29-19(2)3/h19H,4-18H2,1-3H3,(H,21,22)(H,23,31)/p-1. The molecule has 0 aliphatic heterocycles. The Bertz CT molecular complexity index is 470. The van der Waals surface area contributed by atoms with E-state index in [1.807, 2.05) is 6.92 Å². The third-order valence-corrected chi connectivity index (χ3v) is 5.53. The van der Waals surface area contributed by atoms with Crippen LogP contribution in [-0.2, 0) is 44.6 Å². The SMILES string of the molecule is CCOCCOCCOCCOCCC(=O)NCCCCCCOP([O-])(=S)OC(C)C. The molecule has 1 unspecified atom stereocenters. The first-order valence-electron chi connectivity index (χ1n) is 11.1. The van der Waals surface area contributed by atoms with Crippen LogP contribution in [0.15, 0.2) is 0 Å². The molecule has 186 valence electrons. The number of carbonyl (C=O) groups is 1. The second kappa shape index (κ2) is 21.7. The van der Waals surface area contributed by atoms with Crippen molar-refractivity contribution in [2.45, 2.75) is 59.0 Å². The van der Waals surface area contributed by atoms with E-state index in [4.69, 9.17) is 39.8 Å². The summed E-state index contributed by atoms with van der Waals surface area (Å²) in [5.74, 6) is -0.0233. The lowest BCUT2D eigenvalue weighted by Crippen LogP contribution is -2.25. The highest BCUT2D eigenvalue weighted by Crippen LogP contribution is 2.40. The van der Waals surface area contributed by atoms with Gasteiger partial charge >= 0.3 is 0 Å². The molecule has 9 nitrogen and oxygen atoms in total. The summed E-state index contributed by atoms with van der Waals surface area (Å²) in [7, 11) is 0. The molecule has 0 aliphatic rings. The van der Waals surface area contributed by atoms with E-state index in [2.05, 4.69) is 5.32 Å². The van der Waals surface area contributed by atoms with Gasteiger partial charge in [0.25, 0.3) is 0 Å². The second-order valence-corrected chi connectivity index (χ2v) is 9.69. The zero-order valence-electron chi connectivity index (χ0n) is 19.3. The van der Waals surface area contributed by atoms with Gasteiger partial charge in [-0.1, -0.05) is 24.6 Å². The van der Waals surface area contributed by atoms with Gasteiger partial charge in [0.05, 0.1) is 59.0 Å². The van der Waals surface area contributed by atoms with Crippen LogP contribution in [0.25, 0.3) is 0 Å². The molecule has 0 bridgehead atoms. The summed E-state index contributed by atoms with van der Waals surface area (Å²) >= 11 is 4.80. The molecule has 0 spiro atoms. The number of carbonyl (C=O) groups excluding carboxylic acids is 1. The summed E-state index contributed by atoms with van der Waals surface area (Å²) in [4.78, 5) is 23.5. The monoisotopic (exact) mass is 486 g/mol. The Balaban J connectivity index is 3.31. The van der Waals surface area contributed by atoms with Gasteiger partial charge in [-0.2, -0.15) is 0 Å². The number of hydrogen-bond acceptors (Lipinski definition) is 9. The van der Waals surface area contributed by atoms with Crippen LogP contribution in [0.4, 0.5) is 0 Å². The van der Waals surface area contributed by atoms with E-state index < -0.39 is 6.72 Å². The third-order valence-electron chi connectivity index (χ3n) is 3.78. The summed E-state index contributed by atoms with van der Waals surface area (Å²) in [6.07, 6.45) is 3.60. The van der Waals surface area contributed by atoms with Gasteiger partial charge in [-0.25, -0.2) is 0 Å². The number of nitrogens with one attached hydrogen (secondary N) is 1. The molecule has 1 amide bonds. The maximum absolute atomic E-state index is 11.8. The van der Waals surface area contributed by atoms with Crippen molar-refractivity contribution in [1.29, 1.82) is 0 Å². The van der Waals surface area contributed by atoms with Gasteiger partial charge in [0.1, 0.15) is 6.72 Å². The molecule has 0 saturated carbocycles. The molecular weight excluding hydrogens is 445 g/mol. The number of amides is 1. The number of unbranched alkanes of at least 4 members (excludes halogenated alkanes) is 3. The third kappa shape index (κ3) is 24.3. The van der Waals surface area contributed by atoms with Gasteiger partial charge < -0.3 is 38.2 Å². The fourth-order valence-corrected chi connectivity index (χ4v) is 4.00. The molecule has 0 heterocycles. The van der Waals surface area contributed by atoms with Gasteiger partial charge in [-0.05, 0) is 33.6 Å². The molecule has 0 rings (SSSR count). The van der Waals surface area contributed by atoms with Crippen molar-refractivity contribution in [3.63, 3.8) is 0 Å². The first-order valence-corrected chi connectivity index (χ1v) is 13.6. The minimum Gasteiger partial charge on any atom is -0.780 e. The number of rotatable bonds is 23. The highest BCUT2D eigenvalue weighted by molar-refractivity contribution is 8.06. The zero-order chi connectivity index (χ0) is 23.2. The fourth-order valence-electron chi connectivity index (χ4n) is 2.33. The lowest BCUT2D eigenvalue weighted by Gasteiger charge is -2.29. The van der Waals surface area contributed by atoms with Gasteiger partial charge in [-0.15, -0.1) is 0 Å². The fraction of sp³-hybridized carbons (Fsp3) is 0.950. The minimum atomic E-state index is -3.35. The first kappa shape index (κ1) is 30.8. The summed E-state index contributed by atoms with van der Waals surface area (Å²) in [5, 5.41) is 2.87. The number of hydrogen-bond donors (Lipinski definition) is 1. The van der Waals surface area contributed by atoms with E-state index in [-0.39, 0.29) is 12.0 Å². The minimum absolute atomic E-state index is 0.0233. The zero-order valence-corrected chi connectivity index (χ0v) is 21.0. The lowest BCUT2D eigenvalue weighted by molar-refractivity contribution is -0.209. The van der Waals surface area contributed by atoms with Crippen molar-refractivity contribution in [3.8, 4) is 0 Å². The second-order valence-electron chi connectivity index (χ2n) is 6.98. The molecule has 31 heavy (non-hydrogen) atoms. The molecular formula is C20H41NO8PS-. The van der Waals surface area contributed by atoms with E-state index in [1.165, 1.54) is 0 Å². The van der Waals surface area contributed by atoms with Gasteiger partial charge in [-0.3, -0.25) is 4.79 Å². The maximum atomic E-state index is 11.8. The summed E-state index contributed by atoms with van der Waals surface area (Å²) in [6, 6.07) is 0. The normalized spacial score (nSPS) is 13.5. The van der Waals surface area contributed by atoms with E-state index >= 15 is 0 Å². The van der Waals surface area contributed by atoms with E-state index in [1.54, 1.807) is 13.8 Å². The van der Waals surface area contributed by atoms with Crippen LogP contribution in [0.2, 0.25) is 0 Å². The van der Waals surface area contributed by atoms with Gasteiger partial charge in [0, 0.05) is 19.6 Å². The Labute approximate surface area is 192 Å². The van der Waals surface area contributed by atoms with Crippen LogP contribution in [-0.4, -0.2) is 78.0 Å². The summed E-state index contributed by atoms with van der Waals surface area (Å²) in [6.45, 7) is 7.29. The molecule has 0 radical (unpaired) electrons. The van der Waals surface area contributed by atoms with Crippen molar-refractivity contribution in [1.82, 2.24) is 5.32 Å². The van der Waals surface area contributed by atoms with Crippen molar-refractivity contribution < 1.29 is 37.7 Å². The quantitative estimate of drug-likeness (QED) is 0.172. The van der Waals surface area contributed by atoms with Gasteiger partial charge in [0.2, 0.25) is 5.91 Å². The Morgan fingerprint density at radius 1 is 0.871 bits per heavy atom. The predicted molar refractivity (Wildman–Crippen MR) is 122 cm³/mol. The molecule has 0 aromatic heterocycles. The molecule has 0 aliphatic carbocycles. The Morgan fingerprint density at radius 2 is 1.42 bits per heavy atom. The summed E-state index contributed by atoms with van der Waals surface area (Å²) in [5.41, 5.74) is 0. The van der Waals surface area contributed by atoms with E-state index in [0.717, 1.165) is 25.7 Å². The first-order chi connectivity index (χ1) is 14.9. The average molecular weight is 487 g/mol. The molecule has 0 aromatic rings. The largest absolute Gasteiger partial charge is 0.780 e. The van der Waals surface area contributed by atoms with Crippen LogP contribution >= 0.6 is 6.72 Å². The average Bonchev–Trinajstić information content (AvgIpc) is 2.69. The van der Waals surface area contributed by atoms with Crippen molar-refractivity contribution in [2.24, 2.45) is 0 Å². The molecule has 11 heteroatoms. The lowest BCUT2D eigenvalue weighted by atomic mass is 10.2. The predicted octanol–water partition coefficient (Wildman–Crippen LogP) is 2.17. The van der Waals surface area contributed by atoms with Gasteiger partial charge in [0.15, 0.2) is 0 Å². The highest BCUT2D eigenvalue weighted by atomic mass is 32.5. The molecule has 0 fully saturated rings. The van der Waals surface area contributed by atoms with E-state index in [9.17, 15) is 9.69 Å². The van der Waals surface area contributed by atoms with Crippen LogP contribution < -0.4 is 10.2 Å². The molecule has 1 atom stereocenters. The van der Waals surface area contributed by atoms with Crippen molar-refractivity contribution in [2.75, 3.05) is 66.0 Å². The molecule has 1 N–H and O–H groups in total. The smallest absolute Gasteiger partial charge is 0.222 e. The Morgan fingerprint density at radius 3 is 2.00 bits per heavy atom. The molecule has 0 saturated heterocycles. The van der Waals surface area contributed by atoms with Crippen molar-refractivity contribution >= 4 is 24.4 Å². The van der Waals surface area contributed by atoms with Crippen LogP contribution in [0.3, 0.4) is 0 Å². The Kier molecular flexibility index (Phi) is 21.6. The topological polar surface area (TPSA) is 108 Å². The Hall–Kier alpha value is -0.160. The maximum Gasteiger partial charge on any atom is 0.222 e. The van der Waals surface area contributed by atoms with Crippen LogP contribution in [0.5, 0.6) is 0 Å².